The minimum atomic E-state index is -0.363. The molecule has 0 bridgehead atoms. The second kappa shape index (κ2) is 4.90. The topological polar surface area (TPSA) is 30.9 Å². The molecule has 1 aromatic heterocycles. The fourth-order valence-corrected chi connectivity index (χ4v) is 2.03. The van der Waals surface area contributed by atoms with E-state index in [0.717, 1.165) is 5.69 Å². The van der Waals surface area contributed by atoms with Crippen molar-refractivity contribution in [1.29, 1.82) is 0 Å². The van der Waals surface area contributed by atoms with Crippen molar-refractivity contribution in [3.63, 3.8) is 0 Å². The Kier molecular flexibility index (Phi) is 3.50. The summed E-state index contributed by atoms with van der Waals surface area (Å²) >= 11 is 5.75. The van der Waals surface area contributed by atoms with Crippen molar-refractivity contribution in [1.82, 2.24) is 4.57 Å². The van der Waals surface area contributed by atoms with Gasteiger partial charge < -0.3 is 10.3 Å². The number of hydrogen-bond acceptors (Lipinski definition) is 1. The largest absolute Gasteiger partial charge is 0.345 e. The van der Waals surface area contributed by atoms with E-state index in [1.807, 2.05) is 29.8 Å². The number of halogens is 2. The van der Waals surface area contributed by atoms with Crippen LogP contribution in [0.3, 0.4) is 0 Å². The molecular weight excluding hydrogens is 239 g/mol. The average Bonchev–Trinajstić information content (AvgIpc) is 2.73. The molecule has 2 rings (SSSR count). The Balaban J connectivity index is 2.32. The lowest BCUT2D eigenvalue weighted by atomic mass is 10.2. The van der Waals surface area contributed by atoms with Crippen molar-refractivity contribution in [2.24, 2.45) is 5.73 Å². The highest BCUT2D eigenvalue weighted by Crippen LogP contribution is 2.20. The number of nitrogens with zero attached hydrogens (tertiary/aromatic N) is 1. The third-order valence-corrected chi connectivity index (χ3v) is 3.00. The molecule has 17 heavy (non-hydrogen) atoms. The predicted molar refractivity (Wildman–Crippen MR) is 67.5 cm³/mol. The van der Waals surface area contributed by atoms with Crippen molar-refractivity contribution >= 4 is 11.6 Å². The van der Waals surface area contributed by atoms with Gasteiger partial charge in [0.1, 0.15) is 5.82 Å². The molecule has 0 aliphatic rings. The summed E-state index contributed by atoms with van der Waals surface area (Å²) in [4.78, 5) is 0. The molecule has 4 heteroatoms. The molecule has 0 saturated carbocycles. The highest BCUT2D eigenvalue weighted by molar-refractivity contribution is 6.30. The van der Waals surface area contributed by atoms with Crippen molar-refractivity contribution in [2.75, 3.05) is 0 Å². The summed E-state index contributed by atoms with van der Waals surface area (Å²) in [6.07, 6.45) is 1.89. The summed E-state index contributed by atoms with van der Waals surface area (Å²) in [5, 5.41) is 0.150. The van der Waals surface area contributed by atoms with Gasteiger partial charge in [-0.05, 0) is 25.1 Å². The van der Waals surface area contributed by atoms with E-state index in [1.54, 1.807) is 18.2 Å². The third kappa shape index (κ3) is 2.51. The second-order valence-corrected chi connectivity index (χ2v) is 4.47. The monoisotopic (exact) mass is 252 g/mol. The zero-order valence-corrected chi connectivity index (χ0v) is 10.3. The maximum Gasteiger partial charge on any atom is 0.146 e. The molecule has 0 fully saturated rings. The van der Waals surface area contributed by atoms with E-state index in [9.17, 15) is 4.39 Å². The Bertz CT molecular complexity index is 520. The van der Waals surface area contributed by atoms with Gasteiger partial charge >= 0.3 is 0 Å². The van der Waals surface area contributed by atoms with Gasteiger partial charge in [-0.15, -0.1) is 0 Å². The molecule has 0 saturated heterocycles. The van der Waals surface area contributed by atoms with Crippen LogP contribution in [0, 0.1) is 5.82 Å². The lowest BCUT2D eigenvalue weighted by Gasteiger charge is -2.12. The SMILES string of the molecule is CC(N)c1cccn1Cc1cccc(Cl)c1F. The molecule has 0 radical (unpaired) electrons. The summed E-state index contributed by atoms with van der Waals surface area (Å²) in [5.74, 6) is -0.363. The molecule has 0 aliphatic heterocycles. The van der Waals surface area contributed by atoms with E-state index < -0.39 is 0 Å². The number of nitrogens with two attached hydrogens (primary N) is 1. The molecule has 1 aromatic carbocycles. The van der Waals surface area contributed by atoms with E-state index in [0.29, 0.717) is 12.1 Å². The first-order chi connectivity index (χ1) is 8.09. The lowest BCUT2D eigenvalue weighted by molar-refractivity contribution is 0.590. The number of benzene rings is 1. The van der Waals surface area contributed by atoms with Crippen LogP contribution in [-0.4, -0.2) is 4.57 Å². The van der Waals surface area contributed by atoms with E-state index in [-0.39, 0.29) is 16.9 Å². The van der Waals surface area contributed by atoms with Gasteiger partial charge in [0.2, 0.25) is 0 Å². The molecule has 1 unspecified atom stereocenters. The highest BCUT2D eigenvalue weighted by Gasteiger charge is 2.10. The van der Waals surface area contributed by atoms with Crippen LogP contribution in [0.1, 0.15) is 24.2 Å². The Hall–Kier alpha value is -1.32. The van der Waals surface area contributed by atoms with Gasteiger partial charge in [-0.2, -0.15) is 0 Å². The van der Waals surface area contributed by atoms with E-state index >= 15 is 0 Å². The molecule has 2 N–H and O–H groups in total. The fraction of sp³-hybridized carbons (Fsp3) is 0.231. The molecule has 2 nitrogen and oxygen atoms in total. The normalized spacial score (nSPS) is 12.7. The summed E-state index contributed by atoms with van der Waals surface area (Å²) in [6.45, 7) is 2.34. The average molecular weight is 253 g/mol. The van der Waals surface area contributed by atoms with Gasteiger partial charge in [0.25, 0.3) is 0 Å². The maximum atomic E-state index is 13.7. The Labute approximate surface area is 105 Å². The Morgan fingerprint density at radius 3 is 2.82 bits per heavy atom. The molecule has 1 heterocycles. The third-order valence-electron chi connectivity index (χ3n) is 2.70. The van der Waals surface area contributed by atoms with E-state index in [1.165, 1.54) is 0 Å². The predicted octanol–water partition coefficient (Wildman–Crippen LogP) is 3.35. The van der Waals surface area contributed by atoms with E-state index in [4.69, 9.17) is 17.3 Å². The van der Waals surface area contributed by atoms with Crippen molar-refractivity contribution in [2.45, 2.75) is 19.5 Å². The zero-order chi connectivity index (χ0) is 12.4. The minimum absolute atomic E-state index is 0.0766. The van der Waals surface area contributed by atoms with Crippen LogP contribution in [0.4, 0.5) is 4.39 Å². The van der Waals surface area contributed by atoms with Crippen LogP contribution in [0.2, 0.25) is 5.02 Å². The van der Waals surface area contributed by atoms with Crippen LogP contribution in [-0.2, 0) is 6.54 Å². The smallest absolute Gasteiger partial charge is 0.146 e. The van der Waals surface area contributed by atoms with Gasteiger partial charge in [-0.1, -0.05) is 23.7 Å². The molecule has 1 atom stereocenters. The number of rotatable bonds is 3. The highest BCUT2D eigenvalue weighted by atomic mass is 35.5. The number of aromatic nitrogens is 1. The van der Waals surface area contributed by atoms with Crippen molar-refractivity contribution < 1.29 is 4.39 Å². The molecule has 0 spiro atoms. The van der Waals surface area contributed by atoms with Crippen LogP contribution in [0.25, 0.3) is 0 Å². The standard InChI is InChI=1S/C13H14ClFN2/c1-9(16)12-6-3-7-17(12)8-10-4-2-5-11(14)13(10)15/h2-7,9H,8,16H2,1H3. The van der Waals surface area contributed by atoms with Crippen molar-refractivity contribution in [3.8, 4) is 0 Å². The summed E-state index contributed by atoms with van der Waals surface area (Å²) < 4.78 is 15.7. The molecule has 0 aliphatic carbocycles. The maximum absolute atomic E-state index is 13.7. The molecule has 0 amide bonds. The van der Waals surface area contributed by atoms with Crippen LogP contribution in [0.15, 0.2) is 36.5 Å². The van der Waals surface area contributed by atoms with Crippen LogP contribution < -0.4 is 5.73 Å². The molecule has 90 valence electrons. The van der Waals surface area contributed by atoms with Gasteiger partial charge in [-0.3, -0.25) is 0 Å². The zero-order valence-electron chi connectivity index (χ0n) is 9.53. The van der Waals surface area contributed by atoms with Crippen molar-refractivity contribution in [3.05, 3.63) is 58.6 Å². The van der Waals surface area contributed by atoms with Crippen LogP contribution in [0.5, 0.6) is 0 Å². The summed E-state index contributed by atoms with van der Waals surface area (Å²) in [6, 6.07) is 8.78. The Morgan fingerprint density at radius 2 is 2.12 bits per heavy atom. The Morgan fingerprint density at radius 1 is 1.35 bits per heavy atom. The van der Waals surface area contributed by atoms with Gasteiger partial charge in [0, 0.05) is 23.5 Å². The molecule has 2 aromatic rings. The van der Waals surface area contributed by atoms with E-state index in [2.05, 4.69) is 0 Å². The van der Waals surface area contributed by atoms with Gasteiger partial charge in [0.15, 0.2) is 0 Å². The molecular formula is C13H14ClFN2. The number of hydrogen-bond donors (Lipinski definition) is 1. The van der Waals surface area contributed by atoms with Gasteiger partial charge in [-0.25, -0.2) is 4.39 Å². The minimum Gasteiger partial charge on any atom is -0.345 e. The van der Waals surface area contributed by atoms with Gasteiger partial charge in [0.05, 0.1) is 11.6 Å². The fourth-order valence-electron chi connectivity index (χ4n) is 1.84. The first-order valence-corrected chi connectivity index (χ1v) is 5.81. The van der Waals surface area contributed by atoms with Crippen LogP contribution >= 0.6 is 11.6 Å². The summed E-state index contributed by atoms with van der Waals surface area (Å²) in [5.41, 5.74) is 7.38. The quantitative estimate of drug-likeness (QED) is 0.892. The second-order valence-electron chi connectivity index (χ2n) is 4.06. The summed E-state index contributed by atoms with van der Waals surface area (Å²) in [7, 11) is 0. The first-order valence-electron chi connectivity index (χ1n) is 5.43. The lowest BCUT2D eigenvalue weighted by Crippen LogP contribution is -2.13. The first kappa shape index (κ1) is 12.1.